The van der Waals surface area contributed by atoms with Crippen LogP contribution in [0.2, 0.25) is 0 Å². The van der Waals surface area contributed by atoms with Gasteiger partial charge in [-0.2, -0.15) is 17.9 Å². The predicted octanol–water partition coefficient (Wildman–Crippen LogP) is 4.85. The Morgan fingerprint density at radius 2 is 1.48 bits per heavy atom. The fraction of sp³-hybridized carbons (Fsp3) is 0.909. The van der Waals surface area contributed by atoms with Crippen LogP contribution in [0.1, 0.15) is 93.4 Å². The van der Waals surface area contributed by atoms with E-state index >= 15 is 0 Å². The molecule has 1 unspecified atom stereocenters. The Labute approximate surface area is 195 Å². The minimum absolute atomic E-state index is 0.0999. The highest BCUT2D eigenvalue weighted by Crippen LogP contribution is 2.42. The van der Waals surface area contributed by atoms with Gasteiger partial charge < -0.3 is 9.47 Å². The average Bonchev–Trinajstić information content (AvgIpc) is 3.13. The largest absolute Gasteiger partial charge is 0.511 e. The quantitative estimate of drug-likeness (QED) is 0.407. The zero-order valence-electron chi connectivity index (χ0n) is 20.6. The first-order chi connectivity index (χ1) is 14.7. The van der Waals surface area contributed by atoms with Gasteiger partial charge in [0, 0.05) is 0 Å². The highest BCUT2D eigenvalue weighted by molar-refractivity contribution is 7.90. The minimum Gasteiger partial charge on any atom is -0.463 e. The maximum absolute atomic E-state index is 13.0. The molecule has 0 bridgehead atoms. The Hall–Kier alpha value is -1.36. The Bertz CT molecular complexity index is 816. The van der Waals surface area contributed by atoms with E-state index in [9.17, 15) is 31.2 Å². The van der Waals surface area contributed by atoms with Crippen LogP contribution in [0.3, 0.4) is 0 Å². The van der Waals surface area contributed by atoms with Gasteiger partial charge in [-0.3, -0.25) is 9.59 Å². The third-order valence-electron chi connectivity index (χ3n) is 6.41. The molecule has 0 amide bonds. The van der Waals surface area contributed by atoms with Crippen molar-refractivity contribution >= 4 is 22.0 Å². The summed E-state index contributed by atoms with van der Waals surface area (Å²) in [6.45, 7) is 10.5. The van der Waals surface area contributed by atoms with Crippen LogP contribution in [-0.2, 0) is 29.1 Å². The number of halogens is 3. The Morgan fingerprint density at radius 3 is 1.91 bits per heavy atom. The second kappa shape index (κ2) is 10.1. The first-order valence-corrected chi connectivity index (χ1v) is 12.7. The summed E-state index contributed by atoms with van der Waals surface area (Å²) in [7, 11) is -5.61. The van der Waals surface area contributed by atoms with E-state index in [-0.39, 0.29) is 6.42 Å². The lowest BCUT2D eigenvalue weighted by atomic mass is 9.72. The van der Waals surface area contributed by atoms with Crippen LogP contribution in [0.4, 0.5) is 13.2 Å². The summed E-state index contributed by atoms with van der Waals surface area (Å²) in [5.74, 6) is -1.13. The molecule has 0 heterocycles. The molecule has 1 atom stereocenters. The van der Waals surface area contributed by atoms with Gasteiger partial charge >= 0.3 is 27.5 Å². The lowest BCUT2D eigenvalue weighted by Crippen LogP contribution is -2.52. The van der Waals surface area contributed by atoms with Gasteiger partial charge in [-0.15, -0.1) is 0 Å². The standard InChI is InChI=1S/C22H38F3NO6S/c1-8-20(7,14-18(3,4)16(27)32-21(9-2)12-10-11-13-21)17(28)31-15-19(5,6)26-33(29,30)22(23,24)25/h26H,8-15H2,1-7H3. The van der Waals surface area contributed by atoms with Gasteiger partial charge in [-0.1, -0.05) is 13.8 Å². The summed E-state index contributed by atoms with van der Waals surface area (Å²) in [6.07, 6.45) is 4.72. The number of sulfonamides is 1. The number of hydrogen-bond donors (Lipinski definition) is 1. The number of carbonyl (C=O) groups excluding carboxylic acids is 2. The SMILES string of the molecule is CCC1(OC(=O)C(C)(C)CC(C)(CC)C(=O)OCC(C)(C)NS(=O)(=O)C(F)(F)F)CCCC1. The molecule has 1 aliphatic carbocycles. The topological polar surface area (TPSA) is 98.8 Å². The van der Waals surface area contributed by atoms with E-state index in [0.717, 1.165) is 25.7 Å². The van der Waals surface area contributed by atoms with Crippen LogP contribution in [-0.4, -0.2) is 43.6 Å². The lowest BCUT2D eigenvalue weighted by Gasteiger charge is -2.37. The molecule has 1 N–H and O–H groups in total. The van der Waals surface area contributed by atoms with Crippen molar-refractivity contribution in [1.82, 2.24) is 4.72 Å². The van der Waals surface area contributed by atoms with Gasteiger partial charge in [0.25, 0.3) is 0 Å². The molecular weight excluding hydrogens is 463 g/mol. The van der Waals surface area contributed by atoms with Crippen LogP contribution < -0.4 is 4.72 Å². The number of alkyl halides is 3. The molecule has 0 aromatic rings. The van der Waals surface area contributed by atoms with E-state index in [0.29, 0.717) is 12.8 Å². The molecule has 1 rings (SSSR count). The van der Waals surface area contributed by atoms with Crippen LogP contribution in [0, 0.1) is 10.8 Å². The second-order valence-electron chi connectivity index (χ2n) is 10.6. The highest BCUT2D eigenvalue weighted by Gasteiger charge is 2.49. The molecule has 0 saturated heterocycles. The van der Waals surface area contributed by atoms with Gasteiger partial charge in [-0.05, 0) is 79.6 Å². The summed E-state index contributed by atoms with van der Waals surface area (Å²) in [5.41, 5.74) is -9.79. The molecular formula is C22H38F3NO6S. The number of ether oxygens (including phenoxy) is 2. The summed E-state index contributed by atoms with van der Waals surface area (Å²) < 4.78 is 73.4. The number of carbonyl (C=O) groups is 2. The Kier molecular flexibility index (Phi) is 9.08. The van der Waals surface area contributed by atoms with Gasteiger partial charge in [0.05, 0.1) is 16.4 Å². The van der Waals surface area contributed by atoms with Gasteiger partial charge in [0.15, 0.2) is 0 Å². The number of esters is 2. The Balaban J connectivity index is 2.88. The summed E-state index contributed by atoms with van der Waals surface area (Å²) in [4.78, 5) is 25.9. The van der Waals surface area contributed by atoms with E-state index in [1.807, 2.05) is 6.92 Å². The molecule has 0 aromatic heterocycles. The molecule has 11 heteroatoms. The van der Waals surface area contributed by atoms with Crippen molar-refractivity contribution in [1.29, 1.82) is 0 Å². The zero-order chi connectivity index (χ0) is 25.9. The molecule has 0 aliphatic heterocycles. The monoisotopic (exact) mass is 501 g/mol. The van der Waals surface area contributed by atoms with Crippen molar-refractivity contribution in [2.75, 3.05) is 6.61 Å². The van der Waals surface area contributed by atoms with Crippen LogP contribution in [0.5, 0.6) is 0 Å². The van der Waals surface area contributed by atoms with E-state index in [1.54, 1.807) is 27.7 Å². The normalized spacial score (nSPS) is 19.1. The first-order valence-electron chi connectivity index (χ1n) is 11.3. The van der Waals surface area contributed by atoms with Crippen molar-refractivity contribution in [3.8, 4) is 0 Å². The fourth-order valence-corrected chi connectivity index (χ4v) is 5.04. The predicted molar refractivity (Wildman–Crippen MR) is 118 cm³/mol. The number of nitrogens with one attached hydrogen (secondary N) is 1. The molecule has 33 heavy (non-hydrogen) atoms. The molecule has 194 valence electrons. The van der Waals surface area contributed by atoms with E-state index in [2.05, 4.69) is 0 Å². The first kappa shape index (κ1) is 29.7. The molecule has 1 saturated carbocycles. The van der Waals surface area contributed by atoms with E-state index < -0.39 is 56.0 Å². The number of rotatable bonds is 11. The minimum atomic E-state index is -5.61. The molecule has 0 spiro atoms. The van der Waals surface area contributed by atoms with Crippen LogP contribution >= 0.6 is 0 Å². The Morgan fingerprint density at radius 1 is 0.970 bits per heavy atom. The summed E-state index contributed by atoms with van der Waals surface area (Å²) in [6, 6.07) is 0. The van der Waals surface area contributed by atoms with Crippen molar-refractivity contribution in [3.63, 3.8) is 0 Å². The summed E-state index contributed by atoms with van der Waals surface area (Å²) >= 11 is 0. The zero-order valence-corrected chi connectivity index (χ0v) is 21.5. The number of hydrogen-bond acceptors (Lipinski definition) is 6. The lowest BCUT2D eigenvalue weighted by molar-refractivity contribution is -0.175. The summed E-state index contributed by atoms with van der Waals surface area (Å²) in [5, 5.41) is 0. The smallest absolute Gasteiger partial charge is 0.463 e. The molecule has 0 radical (unpaired) electrons. The van der Waals surface area contributed by atoms with Crippen LogP contribution in [0.25, 0.3) is 0 Å². The third kappa shape index (κ3) is 7.56. The second-order valence-corrected chi connectivity index (χ2v) is 12.3. The van der Waals surface area contributed by atoms with Crippen molar-refractivity contribution in [2.45, 2.75) is 110 Å². The van der Waals surface area contributed by atoms with Crippen molar-refractivity contribution in [2.24, 2.45) is 10.8 Å². The highest BCUT2D eigenvalue weighted by atomic mass is 32.2. The maximum atomic E-state index is 13.0. The molecule has 7 nitrogen and oxygen atoms in total. The van der Waals surface area contributed by atoms with Gasteiger partial charge in [0.2, 0.25) is 0 Å². The van der Waals surface area contributed by atoms with E-state index in [4.69, 9.17) is 9.47 Å². The molecule has 1 aliphatic rings. The maximum Gasteiger partial charge on any atom is 0.511 e. The van der Waals surface area contributed by atoms with Crippen molar-refractivity contribution < 1.29 is 40.7 Å². The van der Waals surface area contributed by atoms with Crippen LogP contribution in [0.15, 0.2) is 0 Å². The van der Waals surface area contributed by atoms with Gasteiger partial charge in [0.1, 0.15) is 12.2 Å². The molecule has 0 aromatic carbocycles. The van der Waals surface area contributed by atoms with Gasteiger partial charge in [-0.25, -0.2) is 8.42 Å². The average molecular weight is 502 g/mol. The fourth-order valence-electron chi connectivity index (χ4n) is 4.14. The molecule has 1 fully saturated rings. The third-order valence-corrected chi connectivity index (χ3v) is 7.84. The van der Waals surface area contributed by atoms with E-state index in [1.165, 1.54) is 18.6 Å². The van der Waals surface area contributed by atoms with Crippen molar-refractivity contribution in [3.05, 3.63) is 0 Å².